The van der Waals surface area contributed by atoms with Crippen molar-refractivity contribution in [1.29, 1.82) is 0 Å². The van der Waals surface area contributed by atoms with Crippen molar-refractivity contribution in [3.8, 4) is 11.4 Å². The number of aryl methyl sites for hydroxylation is 1. The molecular formula is C14H13Cl2N3. The average molecular weight is 294 g/mol. The number of aromatic nitrogens is 2. The SMILES string of the molecule is NC1CCCc2nc(-c3ccc(Cl)cc3Cl)ncc21. The molecule has 1 aromatic carbocycles. The van der Waals surface area contributed by atoms with Gasteiger partial charge in [0.2, 0.25) is 0 Å². The summed E-state index contributed by atoms with van der Waals surface area (Å²) in [5.41, 5.74) is 8.95. The summed E-state index contributed by atoms with van der Waals surface area (Å²) in [6, 6.07) is 5.39. The highest BCUT2D eigenvalue weighted by Crippen LogP contribution is 2.31. The molecule has 0 bridgehead atoms. The molecule has 1 aliphatic rings. The van der Waals surface area contributed by atoms with Crippen LogP contribution in [0.25, 0.3) is 11.4 Å². The van der Waals surface area contributed by atoms with Crippen LogP contribution in [0, 0.1) is 0 Å². The van der Waals surface area contributed by atoms with Crippen LogP contribution in [0.5, 0.6) is 0 Å². The van der Waals surface area contributed by atoms with E-state index in [-0.39, 0.29) is 6.04 Å². The Morgan fingerprint density at radius 2 is 2.11 bits per heavy atom. The second-order valence-corrected chi connectivity index (χ2v) is 5.56. The maximum Gasteiger partial charge on any atom is 0.160 e. The molecule has 0 radical (unpaired) electrons. The van der Waals surface area contributed by atoms with Crippen LogP contribution in [0.15, 0.2) is 24.4 Å². The maximum absolute atomic E-state index is 6.19. The van der Waals surface area contributed by atoms with Crippen LogP contribution in [0.1, 0.15) is 30.1 Å². The molecule has 2 aromatic rings. The highest BCUT2D eigenvalue weighted by molar-refractivity contribution is 6.36. The number of hydrogen-bond acceptors (Lipinski definition) is 3. The Balaban J connectivity index is 2.06. The molecule has 0 aliphatic heterocycles. The number of rotatable bonds is 1. The molecule has 2 N–H and O–H groups in total. The highest BCUT2D eigenvalue weighted by Gasteiger charge is 2.19. The molecule has 1 atom stereocenters. The van der Waals surface area contributed by atoms with Crippen molar-refractivity contribution in [2.45, 2.75) is 25.3 Å². The van der Waals surface area contributed by atoms with Gasteiger partial charge in [-0.2, -0.15) is 0 Å². The largest absolute Gasteiger partial charge is 0.324 e. The Labute approximate surface area is 121 Å². The van der Waals surface area contributed by atoms with Gasteiger partial charge in [0.25, 0.3) is 0 Å². The maximum atomic E-state index is 6.19. The van der Waals surface area contributed by atoms with Crippen LogP contribution < -0.4 is 5.73 Å². The first-order chi connectivity index (χ1) is 9.15. The Morgan fingerprint density at radius 3 is 2.89 bits per heavy atom. The standard InChI is InChI=1S/C14H13Cl2N3/c15-8-4-5-9(11(16)6-8)14-18-7-10-12(17)2-1-3-13(10)19-14/h4-7,12H,1-3,17H2. The van der Waals surface area contributed by atoms with Crippen molar-refractivity contribution < 1.29 is 0 Å². The summed E-state index contributed by atoms with van der Waals surface area (Å²) in [5, 5.41) is 1.17. The van der Waals surface area contributed by atoms with Gasteiger partial charge < -0.3 is 5.73 Å². The molecule has 0 amide bonds. The molecule has 0 fully saturated rings. The molecule has 3 rings (SSSR count). The quantitative estimate of drug-likeness (QED) is 0.870. The summed E-state index contributed by atoms with van der Waals surface area (Å²) in [5.74, 6) is 0.634. The van der Waals surface area contributed by atoms with Gasteiger partial charge in [0.15, 0.2) is 5.82 Å². The van der Waals surface area contributed by atoms with Crippen LogP contribution in [-0.4, -0.2) is 9.97 Å². The number of benzene rings is 1. The third-order valence-electron chi connectivity index (χ3n) is 3.40. The van der Waals surface area contributed by atoms with E-state index in [1.54, 1.807) is 12.1 Å². The van der Waals surface area contributed by atoms with E-state index in [0.717, 1.165) is 36.1 Å². The first-order valence-corrected chi connectivity index (χ1v) is 6.97. The zero-order valence-corrected chi connectivity index (χ0v) is 11.7. The Morgan fingerprint density at radius 1 is 1.26 bits per heavy atom. The minimum absolute atomic E-state index is 0.0542. The first kappa shape index (κ1) is 12.9. The lowest BCUT2D eigenvalue weighted by atomic mass is 9.93. The van der Waals surface area contributed by atoms with Gasteiger partial charge in [0.05, 0.1) is 5.02 Å². The lowest BCUT2D eigenvalue weighted by molar-refractivity contribution is 0.557. The number of nitrogens with two attached hydrogens (primary N) is 1. The van der Waals surface area contributed by atoms with Gasteiger partial charge in [0.1, 0.15) is 0 Å². The van der Waals surface area contributed by atoms with E-state index in [9.17, 15) is 0 Å². The lowest BCUT2D eigenvalue weighted by Gasteiger charge is -2.21. The topological polar surface area (TPSA) is 51.8 Å². The van der Waals surface area contributed by atoms with E-state index >= 15 is 0 Å². The van der Waals surface area contributed by atoms with E-state index in [1.165, 1.54) is 0 Å². The van der Waals surface area contributed by atoms with E-state index in [0.29, 0.717) is 15.9 Å². The molecule has 1 heterocycles. The second-order valence-electron chi connectivity index (χ2n) is 4.72. The van der Waals surface area contributed by atoms with Crippen molar-refractivity contribution in [2.75, 3.05) is 0 Å². The van der Waals surface area contributed by atoms with Crippen LogP contribution in [0.4, 0.5) is 0 Å². The minimum atomic E-state index is 0.0542. The van der Waals surface area contributed by atoms with E-state index < -0.39 is 0 Å². The molecular weight excluding hydrogens is 281 g/mol. The van der Waals surface area contributed by atoms with Crippen LogP contribution in [0.3, 0.4) is 0 Å². The van der Waals surface area contributed by atoms with Gasteiger partial charge >= 0.3 is 0 Å². The zero-order valence-electron chi connectivity index (χ0n) is 10.2. The Hall–Kier alpha value is -1.16. The van der Waals surface area contributed by atoms with Gasteiger partial charge in [-0.25, -0.2) is 9.97 Å². The molecule has 19 heavy (non-hydrogen) atoms. The van der Waals surface area contributed by atoms with Crippen molar-refractivity contribution in [1.82, 2.24) is 9.97 Å². The molecule has 0 saturated heterocycles. The summed E-state index contributed by atoms with van der Waals surface area (Å²) < 4.78 is 0. The molecule has 1 aliphatic carbocycles. The molecule has 98 valence electrons. The van der Waals surface area contributed by atoms with E-state index in [2.05, 4.69) is 9.97 Å². The van der Waals surface area contributed by atoms with E-state index in [4.69, 9.17) is 28.9 Å². The smallest absolute Gasteiger partial charge is 0.160 e. The number of hydrogen-bond donors (Lipinski definition) is 1. The highest BCUT2D eigenvalue weighted by atomic mass is 35.5. The predicted octanol–water partition coefficient (Wildman–Crippen LogP) is 3.79. The molecule has 0 spiro atoms. The monoisotopic (exact) mass is 293 g/mol. The Kier molecular flexibility index (Phi) is 3.44. The summed E-state index contributed by atoms with van der Waals surface area (Å²) in [4.78, 5) is 8.99. The second kappa shape index (κ2) is 5.08. The zero-order chi connectivity index (χ0) is 13.4. The van der Waals surface area contributed by atoms with Crippen LogP contribution in [-0.2, 0) is 6.42 Å². The number of halogens is 2. The molecule has 3 nitrogen and oxygen atoms in total. The van der Waals surface area contributed by atoms with Gasteiger partial charge in [-0.3, -0.25) is 0 Å². The fourth-order valence-corrected chi connectivity index (χ4v) is 2.87. The number of nitrogens with zero attached hydrogens (tertiary/aromatic N) is 2. The normalized spacial score (nSPS) is 18.2. The van der Waals surface area contributed by atoms with Gasteiger partial charge in [-0.15, -0.1) is 0 Å². The summed E-state index contributed by atoms with van der Waals surface area (Å²) in [6.45, 7) is 0. The summed E-state index contributed by atoms with van der Waals surface area (Å²) in [6.07, 6.45) is 4.84. The average Bonchev–Trinajstić information content (AvgIpc) is 2.38. The summed E-state index contributed by atoms with van der Waals surface area (Å²) in [7, 11) is 0. The van der Waals surface area contributed by atoms with Crippen molar-refractivity contribution >= 4 is 23.2 Å². The molecule has 1 aromatic heterocycles. The minimum Gasteiger partial charge on any atom is -0.324 e. The van der Waals surface area contributed by atoms with Gasteiger partial charge in [-0.05, 0) is 37.5 Å². The summed E-state index contributed by atoms with van der Waals surface area (Å²) >= 11 is 12.1. The van der Waals surface area contributed by atoms with E-state index in [1.807, 2.05) is 12.3 Å². The first-order valence-electron chi connectivity index (χ1n) is 6.22. The third kappa shape index (κ3) is 2.46. The number of fused-ring (bicyclic) bond motifs is 1. The lowest BCUT2D eigenvalue weighted by Crippen LogP contribution is -2.19. The van der Waals surface area contributed by atoms with Crippen molar-refractivity contribution in [3.63, 3.8) is 0 Å². The molecule has 1 unspecified atom stereocenters. The van der Waals surface area contributed by atoms with Crippen molar-refractivity contribution in [3.05, 3.63) is 45.7 Å². The van der Waals surface area contributed by atoms with Crippen molar-refractivity contribution in [2.24, 2.45) is 5.73 Å². The van der Waals surface area contributed by atoms with Gasteiger partial charge in [-0.1, -0.05) is 23.2 Å². The molecule has 0 saturated carbocycles. The molecule has 5 heteroatoms. The van der Waals surface area contributed by atoms with Crippen LogP contribution in [0.2, 0.25) is 10.0 Å². The predicted molar refractivity (Wildman–Crippen MR) is 77.4 cm³/mol. The van der Waals surface area contributed by atoms with Crippen LogP contribution >= 0.6 is 23.2 Å². The van der Waals surface area contributed by atoms with Gasteiger partial charge in [0, 0.05) is 34.1 Å². The third-order valence-corrected chi connectivity index (χ3v) is 3.95. The fraction of sp³-hybridized carbons (Fsp3) is 0.286. The fourth-order valence-electron chi connectivity index (χ4n) is 2.38. The Bertz CT molecular complexity index is 628.